The molecule has 0 spiro atoms. The second-order valence-electron chi connectivity index (χ2n) is 5.28. The summed E-state index contributed by atoms with van der Waals surface area (Å²) in [5.41, 5.74) is 0.738. The van der Waals surface area contributed by atoms with Gasteiger partial charge in [0.25, 0.3) is 15.9 Å². The van der Waals surface area contributed by atoms with E-state index in [4.69, 9.17) is 0 Å². The van der Waals surface area contributed by atoms with Gasteiger partial charge in [0.05, 0.1) is 5.69 Å². The molecular formula is C16H13BrFN3O3S. The molecule has 25 heavy (non-hydrogen) atoms. The molecule has 2 aromatic rings. The number of amidine groups is 1. The predicted molar refractivity (Wildman–Crippen MR) is 95.5 cm³/mol. The third-order valence-electron chi connectivity index (χ3n) is 3.54. The number of hydrogen-bond acceptors (Lipinski definition) is 4. The molecule has 0 bridgehead atoms. The molecule has 1 aliphatic rings. The molecule has 3 rings (SSSR count). The second-order valence-corrected chi connectivity index (χ2v) is 7.77. The molecule has 1 aliphatic heterocycles. The van der Waals surface area contributed by atoms with Crippen LogP contribution in [0.1, 0.15) is 5.56 Å². The van der Waals surface area contributed by atoms with Crippen LogP contribution in [0.3, 0.4) is 0 Å². The van der Waals surface area contributed by atoms with Crippen LogP contribution in [0.5, 0.6) is 0 Å². The number of amides is 1. The standard InChI is InChI=1S/C16H13BrFN3O3S/c17-11-5-6-13-14(9-11)25(23,24)21-15(20-13)16(22)19-8-7-10-3-1-2-4-12(10)18/h1-6,9H,7-8H2,(H,19,22)(H,20,21). The zero-order valence-electron chi connectivity index (χ0n) is 12.8. The summed E-state index contributed by atoms with van der Waals surface area (Å²) in [6, 6.07) is 10.8. The Hall–Kier alpha value is -2.26. The largest absolute Gasteiger partial charge is 0.349 e. The highest BCUT2D eigenvalue weighted by Crippen LogP contribution is 2.29. The van der Waals surface area contributed by atoms with Gasteiger partial charge in [0.15, 0.2) is 0 Å². The molecule has 0 unspecified atom stereocenters. The lowest BCUT2D eigenvalue weighted by molar-refractivity contribution is -0.114. The summed E-state index contributed by atoms with van der Waals surface area (Å²) >= 11 is 3.20. The van der Waals surface area contributed by atoms with Crippen LogP contribution in [0.2, 0.25) is 0 Å². The van der Waals surface area contributed by atoms with Crippen LogP contribution < -0.4 is 10.6 Å². The van der Waals surface area contributed by atoms with Gasteiger partial charge in [0.2, 0.25) is 5.84 Å². The van der Waals surface area contributed by atoms with E-state index in [0.717, 1.165) is 0 Å². The molecule has 0 saturated heterocycles. The minimum absolute atomic E-state index is 0.00946. The van der Waals surface area contributed by atoms with E-state index in [1.54, 1.807) is 24.3 Å². The van der Waals surface area contributed by atoms with Gasteiger partial charge in [-0.15, -0.1) is 4.40 Å². The number of carbonyl (C=O) groups is 1. The Bertz CT molecular complexity index is 976. The minimum Gasteiger partial charge on any atom is -0.349 e. The number of rotatable bonds is 4. The Labute approximate surface area is 152 Å². The van der Waals surface area contributed by atoms with Crippen molar-refractivity contribution >= 4 is 43.4 Å². The molecule has 6 nitrogen and oxygen atoms in total. The number of nitrogens with zero attached hydrogens (tertiary/aromatic N) is 1. The lowest BCUT2D eigenvalue weighted by Gasteiger charge is -2.18. The predicted octanol–water partition coefficient (Wildman–Crippen LogP) is 2.46. The monoisotopic (exact) mass is 425 g/mol. The summed E-state index contributed by atoms with van der Waals surface area (Å²) in [6.45, 7) is 0.147. The van der Waals surface area contributed by atoms with Crippen molar-refractivity contribution in [2.24, 2.45) is 4.40 Å². The van der Waals surface area contributed by atoms with Crippen LogP contribution in [0.25, 0.3) is 0 Å². The quantitative estimate of drug-likeness (QED) is 0.787. The van der Waals surface area contributed by atoms with Gasteiger partial charge in [-0.3, -0.25) is 4.79 Å². The first-order valence-corrected chi connectivity index (χ1v) is 9.53. The van der Waals surface area contributed by atoms with Crippen molar-refractivity contribution in [3.05, 3.63) is 58.3 Å². The Balaban J connectivity index is 1.70. The zero-order chi connectivity index (χ0) is 18.0. The number of halogens is 2. The van der Waals surface area contributed by atoms with Gasteiger partial charge in [-0.1, -0.05) is 34.1 Å². The van der Waals surface area contributed by atoms with Crippen LogP contribution in [-0.4, -0.2) is 26.7 Å². The average molecular weight is 426 g/mol. The first-order valence-electron chi connectivity index (χ1n) is 7.30. The molecule has 0 aromatic heterocycles. The van der Waals surface area contributed by atoms with E-state index in [2.05, 4.69) is 31.0 Å². The molecule has 2 N–H and O–H groups in total. The molecule has 0 fully saturated rings. The Morgan fingerprint density at radius 3 is 2.76 bits per heavy atom. The van der Waals surface area contributed by atoms with Crippen molar-refractivity contribution in [1.29, 1.82) is 0 Å². The number of carbonyl (C=O) groups excluding carboxylic acids is 1. The SMILES string of the molecule is O=C(NCCc1ccccc1F)C1=NS(=O)(=O)c2cc(Br)ccc2N1. The summed E-state index contributed by atoms with van der Waals surface area (Å²) in [7, 11) is -3.97. The lowest BCUT2D eigenvalue weighted by atomic mass is 10.1. The van der Waals surface area contributed by atoms with Crippen molar-refractivity contribution in [2.45, 2.75) is 11.3 Å². The molecular weight excluding hydrogens is 413 g/mol. The van der Waals surface area contributed by atoms with Crippen LogP contribution in [0.4, 0.5) is 10.1 Å². The van der Waals surface area contributed by atoms with Crippen molar-refractivity contribution < 1.29 is 17.6 Å². The lowest BCUT2D eigenvalue weighted by Crippen LogP contribution is -2.39. The Morgan fingerprint density at radius 1 is 1.24 bits per heavy atom. The second kappa shape index (κ2) is 6.93. The smallest absolute Gasteiger partial charge is 0.287 e. The van der Waals surface area contributed by atoms with Gasteiger partial charge in [0.1, 0.15) is 10.7 Å². The third-order valence-corrected chi connectivity index (χ3v) is 5.35. The van der Waals surface area contributed by atoms with Gasteiger partial charge in [0, 0.05) is 11.0 Å². The molecule has 0 saturated carbocycles. The van der Waals surface area contributed by atoms with Gasteiger partial charge >= 0.3 is 0 Å². The van der Waals surface area contributed by atoms with E-state index in [1.165, 1.54) is 18.2 Å². The van der Waals surface area contributed by atoms with Crippen LogP contribution in [0.15, 0.2) is 56.2 Å². The first kappa shape index (κ1) is 17.6. The van der Waals surface area contributed by atoms with Gasteiger partial charge in [-0.2, -0.15) is 8.42 Å². The molecule has 0 atom stereocenters. The van der Waals surface area contributed by atoms with E-state index >= 15 is 0 Å². The van der Waals surface area contributed by atoms with Crippen LogP contribution >= 0.6 is 15.9 Å². The highest BCUT2D eigenvalue weighted by molar-refractivity contribution is 9.10. The normalized spacial score (nSPS) is 14.9. The fraction of sp³-hybridized carbons (Fsp3) is 0.125. The van der Waals surface area contributed by atoms with E-state index in [9.17, 15) is 17.6 Å². The summed E-state index contributed by atoms with van der Waals surface area (Å²) in [6.07, 6.45) is 0.280. The van der Waals surface area contributed by atoms with E-state index in [0.29, 0.717) is 10.0 Å². The van der Waals surface area contributed by atoms with E-state index in [-0.39, 0.29) is 35.2 Å². The summed E-state index contributed by atoms with van der Waals surface area (Å²) < 4.78 is 42.0. The molecule has 0 radical (unpaired) electrons. The number of sulfonamides is 1. The summed E-state index contributed by atoms with van der Waals surface area (Å²) in [4.78, 5) is 12.2. The van der Waals surface area contributed by atoms with Gasteiger partial charge in [-0.05, 0) is 36.2 Å². The minimum atomic E-state index is -3.97. The number of anilines is 1. The fourth-order valence-corrected chi connectivity index (χ4v) is 3.98. The highest BCUT2D eigenvalue weighted by Gasteiger charge is 2.28. The zero-order valence-corrected chi connectivity index (χ0v) is 15.2. The summed E-state index contributed by atoms with van der Waals surface area (Å²) in [5.74, 6) is -1.34. The maximum atomic E-state index is 13.5. The van der Waals surface area contributed by atoms with Crippen molar-refractivity contribution in [2.75, 3.05) is 11.9 Å². The molecule has 9 heteroatoms. The first-order chi connectivity index (χ1) is 11.9. The number of nitrogens with one attached hydrogen (secondary N) is 2. The van der Waals surface area contributed by atoms with Gasteiger partial charge < -0.3 is 10.6 Å². The molecule has 2 aromatic carbocycles. The third kappa shape index (κ3) is 3.88. The topological polar surface area (TPSA) is 87.6 Å². The number of benzene rings is 2. The van der Waals surface area contributed by atoms with Crippen molar-refractivity contribution in [3.8, 4) is 0 Å². The van der Waals surface area contributed by atoms with Crippen LogP contribution in [-0.2, 0) is 21.2 Å². The van der Waals surface area contributed by atoms with Crippen molar-refractivity contribution in [1.82, 2.24) is 5.32 Å². The molecule has 1 amide bonds. The average Bonchev–Trinajstić information content (AvgIpc) is 2.56. The van der Waals surface area contributed by atoms with E-state index < -0.39 is 15.9 Å². The van der Waals surface area contributed by atoms with Crippen LogP contribution in [0, 0.1) is 5.82 Å². The van der Waals surface area contributed by atoms with Gasteiger partial charge in [-0.25, -0.2) is 4.39 Å². The number of fused-ring (bicyclic) bond motifs is 1. The molecule has 1 heterocycles. The molecule has 0 aliphatic carbocycles. The van der Waals surface area contributed by atoms with E-state index in [1.807, 2.05) is 0 Å². The molecule has 130 valence electrons. The highest BCUT2D eigenvalue weighted by atomic mass is 79.9. The Morgan fingerprint density at radius 2 is 2.00 bits per heavy atom. The fourth-order valence-electron chi connectivity index (χ4n) is 2.33. The number of hydrogen-bond donors (Lipinski definition) is 2. The maximum absolute atomic E-state index is 13.5. The van der Waals surface area contributed by atoms with Crippen molar-refractivity contribution in [3.63, 3.8) is 0 Å². The maximum Gasteiger partial charge on any atom is 0.287 e. The Kier molecular flexibility index (Phi) is 4.87. The summed E-state index contributed by atoms with van der Waals surface area (Å²) in [5, 5.41) is 5.24.